The number of anilines is 1. The second-order valence-corrected chi connectivity index (χ2v) is 5.88. The Morgan fingerprint density at radius 3 is 2.62 bits per heavy atom. The van der Waals surface area contributed by atoms with Crippen molar-refractivity contribution >= 4 is 17.6 Å². The van der Waals surface area contributed by atoms with Gasteiger partial charge in [0.25, 0.3) is 0 Å². The topological polar surface area (TPSA) is 84.9 Å². The van der Waals surface area contributed by atoms with Crippen molar-refractivity contribution in [3.8, 4) is 5.75 Å². The number of hydrogen-bond donors (Lipinski definition) is 2. The van der Waals surface area contributed by atoms with Crippen LogP contribution in [0, 0.1) is 0 Å². The molecule has 2 aromatic rings. The normalized spacial score (nSPS) is 10.4. The van der Waals surface area contributed by atoms with Crippen molar-refractivity contribution in [2.24, 2.45) is 0 Å². The fourth-order valence-electron chi connectivity index (χ4n) is 2.49. The first-order chi connectivity index (χ1) is 12.5. The third kappa shape index (κ3) is 5.89. The van der Waals surface area contributed by atoms with Crippen LogP contribution in [0.2, 0.25) is 0 Å². The Labute approximate surface area is 152 Å². The van der Waals surface area contributed by atoms with Gasteiger partial charge in [-0.25, -0.2) is 4.79 Å². The molecule has 1 amide bonds. The predicted molar refractivity (Wildman–Crippen MR) is 98.7 cm³/mol. The van der Waals surface area contributed by atoms with Crippen molar-refractivity contribution < 1.29 is 24.2 Å². The highest BCUT2D eigenvalue weighted by atomic mass is 16.5. The lowest BCUT2D eigenvalue weighted by molar-refractivity contribution is -0.115. The minimum atomic E-state index is -1.06. The van der Waals surface area contributed by atoms with Crippen molar-refractivity contribution in [2.45, 2.75) is 26.4 Å². The standard InChI is InChI=1S/C20H23NO5/c1-3-7-26-18-6-4-5-14(10-18)11-19(22)21-17-9-15(13-25-2)8-16(12-17)20(23)24/h4-6,8-10,12H,3,7,11,13H2,1-2H3,(H,21,22)(H,23,24). The van der Waals surface area contributed by atoms with Gasteiger partial charge in [-0.1, -0.05) is 19.1 Å². The van der Waals surface area contributed by atoms with Crippen molar-refractivity contribution in [1.82, 2.24) is 0 Å². The Morgan fingerprint density at radius 2 is 1.92 bits per heavy atom. The van der Waals surface area contributed by atoms with E-state index in [2.05, 4.69) is 5.32 Å². The molecule has 0 aromatic heterocycles. The molecule has 0 fully saturated rings. The van der Waals surface area contributed by atoms with Crippen molar-refractivity contribution in [3.05, 3.63) is 59.2 Å². The molecule has 0 bridgehead atoms. The summed E-state index contributed by atoms with van der Waals surface area (Å²) in [5.74, 6) is -0.560. The molecule has 0 spiro atoms. The molecular weight excluding hydrogens is 334 g/mol. The summed E-state index contributed by atoms with van der Waals surface area (Å²) in [6, 6.07) is 12.0. The van der Waals surface area contributed by atoms with Gasteiger partial charge in [0.2, 0.25) is 5.91 Å². The van der Waals surface area contributed by atoms with Crippen LogP contribution in [0.15, 0.2) is 42.5 Å². The maximum Gasteiger partial charge on any atom is 0.335 e. The molecule has 0 unspecified atom stereocenters. The molecule has 0 aliphatic rings. The number of carbonyl (C=O) groups excluding carboxylic acids is 1. The molecule has 26 heavy (non-hydrogen) atoms. The zero-order valence-electron chi connectivity index (χ0n) is 15.0. The summed E-state index contributed by atoms with van der Waals surface area (Å²) in [4.78, 5) is 23.6. The third-order valence-electron chi connectivity index (χ3n) is 3.57. The smallest absolute Gasteiger partial charge is 0.335 e. The lowest BCUT2D eigenvalue weighted by atomic mass is 10.1. The van der Waals surface area contributed by atoms with Gasteiger partial charge < -0.3 is 19.9 Å². The molecule has 2 N–H and O–H groups in total. The van der Waals surface area contributed by atoms with Gasteiger partial charge in [0.05, 0.1) is 25.2 Å². The number of carbonyl (C=O) groups is 2. The minimum Gasteiger partial charge on any atom is -0.494 e. The molecule has 6 heteroatoms. The molecule has 0 saturated heterocycles. The second kappa shape index (κ2) is 9.58. The molecule has 0 heterocycles. The Morgan fingerprint density at radius 1 is 1.12 bits per heavy atom. The molecule has 2 rings (SSSR count). The first-order valence-corrected chi connectivity index (χ1v) is 8.39. The van der Waals surface area contributed by atoms with Crippen LogP contribution >= 0.6 is 0 Å². The molecule has 138 valence electrons. The largest absolute Gasteiger partial charge is 0.494 e. The zero-order chi connectivity index (χ0) is 18.9. The van der Waals surface area contributed by atoms with Gasteiger partial charge in [-0.05, 0) is 47.9 Å². The number of nitrogens with one attached hydrogen (secondary N) is 1. The molecule has 0 aliphatic carbocycles. The summed E-state index contributed by atoms with van der Waals surface area (Å²) in [5, 5.41) is 12.0. The third-order valence-corrected chi connectivity index (χ3v) is 3.57. The Balaban J connectivity index is 2.08. The molecule has 0 radical (unpaired) electrons. The molecule has 0 atom stereocenters. The van der Waals surface area contributed by atoms with Crippen molar-refractivity contribution in [1.29, 1.82) is 0 Å². The van der Waals surface area contributed by atoms with Gasteiger partial charge in [0.15, 0.2) is 0 Å². The fraction of sp³-hybridized carbons (Fsp3) is 0.300. The number of rotatable bonds is 9. The summed E-state index contributed by atoms with van der Waals surface area (Å²) in [6.07, 6.45) is 1.08. The van der Waals surface area contributed by atoms with Crippen LogP contribution in [0.4, 0.5) is 5.69 Å². The number of amides is 1. The minimum absolute atomic E-state index is 0.102. The van der Waals surface area contributed by atoms with E-state index in [4.69, 9.17) is 9.47 Å². The highest BCUT2D eigenvalue weighted by Gasteiger charge is 2.10. The average molecular weight is 357 g/mol. The summed E-state index contributed by atoms with van der Waals surface area (Å²) in [7, 11) is 1.53. The highest BCUT2D eigenvalue weighted by Crippen LogP contribution is 2.18. The van der Waals surface area contributed by atoms with E-state index in [0.717, 1.165) is 17.7 Å². The van der Waals surface area contributed by atoms with Crippen LogP contribution < -0.4 is 10.1 Å². The van der Waals surface area contributed by atoms with Gasteiger partial charge in [-0.2, -0.15) is 0 Å². The SMILES string of the molecule is CCCOc1cccc(CC(=O)Nc2cc(COC)cc(C(=O)O)c2)c1. The molecule has 6 nitrogen and oxygen atoms in total. The van der Waals surface area contributed by atoms with E-state index in [1.165, 1.54) is 19.2 Å². The summed E-state index contributed by atoms with van der Waals surface area (Å²) in [5.41, 5.74) is 2.03. The number of hydrogen-bond acceptors (Lipinski definition) is 4. The fourth-order valence-corrected chi connectivity index (χ4v) is 2.49. The van der Waals surface area contributed by atoms with E-state index in [0.29, 0.717) is 17.9 Å². The second-order valence-electron chi connectivity index (χ2n) is 5.88. The summed E-state index contributed by atoms with van der Waals surface area (Å²) < 4.78 is 10.6. The zero-order valence-corrected chi connectivity index (χ0v) is 15.0. The van der Waals surface area contributed by atoms with Gasteiger partial charge >= 0.3 is 5.97 Å². The van der Waals surface area contributed by atoms with Crippen LogP contribution in [-0.2, 0) is 22.6 Å². The first kappa shape index (κ1) is 19.5. The lowest BCUT2D eigenvalue weighted by Crippen LogP contribution is -2.15. The van der Waals surface area contributed by atoms with Gasteiger partial charge in [-0.15, -0.1) is 0 Å². The molecule has 2 aromatic carbocycles. The van der Waals surface area contributed by atoms with E-state index in [-0.39, 0.29) is 24.5 Å². The quantitative estimate of drug-likeness (QED) is 0.717. The molecule has 0 saturated carbocycles. The molecule has 0 aliphatic heterocycles. The Kier molecular flexibility index (Phi) is 7.17. The number of carboxylic acids is 1. The molecular formula is C20H23NO5. The summed E-state index contributed by atoms with van der Waals surface area (Å²) >= 11 is 0. The Hall–Kier alpha value is -2.86. The van der Waals surface area contributed by atoms with Gasteiger partial charge in [0.1, 0.15) is 5.75 Å². The van der Waals surface area contributed by atoms with E-state index in [1.807, 2.05) is 31.2 Å². The van der Waals surface area contributed by atoms with E-state index in [9.17, 15) is 14.7 Å². The lowest BCUT2D eigenvalue weighted by Gasteiger charge is -2.10. The highest BCUT2D eigenvalue weighted by molar-refractivity contribution is 5.95. The van der Waals surface area contributed by atoms with Gasteiger partial charge in [-0.3, -0.25) is 4.79 Å². The number of methoxy groups -OCH3 is 1. The predicted octanol–water partition coefficient (Wildman–Crippen LogP) is 3.50. The van der Waals surface area contributed by atoms with Crippen LogP contribution in [0.1, 0.15) is 34.8 Å². The monoisotopic (exact) mass is 357 g/mol. The summed E-state index contributed by atoms with van der Waals surface area (Å²) in [6.45, 7) is 2.92. The number of aromatic carboxylic acids is 1. The number of ether oxygens (including phenoxy) is 2. The van der Waals surface area contributed by atoms with Crippen molar-refractivity contribution in [3.63, 3.8) is 0 Å². The van der Waals surface area contributed by atoms with Crippen LogP contribution in [-0.4, -0.2) is 30.7 Å². The number of carboxylic acid groups (broad SMARTS) is 1. The average Bonchev–Trinajstić information content (AvgIpc) is 2.60. The van der Waals surface area contributed by atoms with Crippen molar-refractivity contribution in [2.75, 3.05) is 19.0 Å². The van der Waals surface area contributed by atoms with E-state index >= 15 is 0 Å². The first-order valence-electron chi connectivity index (χ1n) is 8.39. The maximum absolute atomic E-state index is 12.3. The van der Waals surface area contributed by atoms with Crippen LogP contribution in [0.25, 0.3) is 0 Å². The van der Waals surface area contributed by atoms with E-state index in [1.54, 1.807) is 6.07 Å². The Bertz CT molecular complexity index is 773. The van der Waals surface area contributed by atoms with Gasteiger partial charge in [0, 0.05) is 12.8 Å². The number of benzene rings is 2. The maximum atomic E-state index is 12.3. The van der Waals surface area contributed by atoms with E-state index < -0.39 is 5.97 Å². The van der Waals surface area contributed by atoms with Crippen LogP contribution in [0.5, 0.6) is 5.75 Å². The van der Waals surface area contributed by atoms with Crippen LogP contribution in [0.3, 0.4) is 0 Å².